The van der Waals surface area contributed by atoms with Gasteiger partial charge in [-0.15, -0.1) is 0 Å². The van der Waals surface area contributed by atoms with Crippen LogP contribution in [0.25, 0.3) is 0 Å². The Kier molecular flexibility index (Phi) is 5.70. The second kappa shape index (κ2) is 7.52. The van der Waals surface area contributed by atoms with Crippen molar-refractivity contribution >= 4 is 35.0 Å². The van der Waals surface area contributed by atoms with E-state index in [9.17, 15) is 9.59 Å². The molecule has 0 aliphatic heterocycles. The molecule has 1 fully saturated rings. The molecular weight excluding hydrogens is 315 g/mol. The highest BCUT2D eigenvalue weighted by molar-refractivity contribution is 6.35. The van der Waals surface area contributed by atoms with Gasteiger partial charge in [0.2, 0.25) is 11.8 Å². The van der Waals surface area contributed by atoms with Crippen molar-refractivity contribution in [3.8, 4) is 5.75 Å². The first kappa shape index (κ1) is 15.9. The fourth-order valence-corrected chi connectivity index (χ4v) is 2.11. The van der Waals surface area contributed by atoms with Crippen LogP contribution in [0.3, 0.4) is 0 Å². The first-order valence-electron chi connectivity index (χ1n) is 6.73. The Bertz CT molecular complexity index is 533. The van der Waals surface area contributed by atoms with Gasteiger partial charge < -0.3 is 4.74 Å². The number of hydrazine groups is 1. The molecule has 0 atom stereocenters. The zero-order valence-electron chi connectivity index (χ0n) is 11.3. The predicted molar refractivity (Wildman–Crippen MR) is 80.2 cm³/mol. The normalized spacial score (nSPS) is 13.6. The predicted octanol–water partition coefficient (Wildman–Crippen LogP) is 2.71. The van der Waals surface area contributed by atoms with E-state index in [1.807, 2.05) is 0 Å². The number of amides is 2. The summed E-state index contributed by atoms with van der Waals surface area (Å²) in [7, 11) is 0. The molecule has 1 aromatic carbocycles. The molecule has 7 heteroatoms. The van der Waals surface area contributed by atoms with Gasteiger partial charge in [0.1, 0.15) is 5.75 Å². The molecule has 2 rings (SSSR count). The van der Waals surface area contributed by atoms with E-state index in [0.29, 0.717) is 28.8 Å². The number of carbonyl (C=O) groups is 2. The lowest BCUT2D eigenvalue weighted by Gasteiger charge is -2.09. The first-order chi connectivity index (χ1) is 10.1. The maximum atomic E-state index is 11.5. The number of rotatable bonds is 6. The molecule has 0 spiro atoms. The Balaban J connectivity index is 1.60. The van der Waals surface area contributed by atoms with Crippen LogP contribution in [0.4, 0.5) is 0 Å². The van der Waals surface area contributed by atoms with Crippen LogP contribution < -0.4 is 15.6 Å². The van der Waals surface area contributed by atoms with Gasteiger partial charge in [0.05, 0.1) is 11.6 Å². The molecule has 114 valence electrons. The second-order valence-corrected chi connectivity index (χ2v) is 5.68. The summed E-state index contributed by atoms with van der Waals surface area (Å²) in [6.45, 7) is 0.353. The lowest BCUT2D eigenvalue weighted by atomic mass is 10.3. The molecule has 5 nitrogen and oxygen atoms in total. The van der Waals surface area contributed by atoms with E-state index >= 15 is 0 Å². The molecule has 0 unspecified atom stereocenters. The van der Waals surface area contributed by atoms with Crippen molar-refractivity contribution in [2.24, 2.45) is 5.92 Å². The van der Waals surface area contributed by atoms with E-state index in [1.54, 1.807) is 18.2 Å². The number of halogens is 2. The number of nitrogens with one attached hydrogen (secondary N) is 2. The zero-order chi connectivity index (χ0) is 15.2. The van der Waals surface area contributed by atoms with Crippen molar-refractivity contribution in [3.05, 3.63) is 28.2 Å². The van der Waals surface area contributed by atoms with Crippen molar-refractivity contribution in [1.29, 1.82) is 0 Å². The Morgan fingerprint density at radius 1 is 1.24 bits per heavy atom. The van der Waals surface area contributed by atoms with Crippen molar-refractivity contribution in [1.82, 2.24) is 10.9 Å². The van der Waals surface area contributed by atoms with Crippen molar-refractivity contribution in [2.45, 2.75) is 25.7 Å². The second-order valence-electron chi connectivity index (χ2n) is 4.84. The Labute approximate surface area is 132 Å². The summed E-state index contributed by atoms with van der Waals surface area (Å²) in [6.07, 6.45) is 2.58. The Hall–Kier alpha value is -1.46. The average molecular weight is 331 g/mol. The zero-order valence-corrected chi connectivity index (χ0v) is 12.8. The van der Waals surface area contributed by atoms with Crippen LogP contribution in [0.2, 0.25) is 10.0 Å². The molecular formula is C14H16Cl2N2O3. The summed E-state index contributed by atoms with van der Waals surface area (Å²) >= 11 is 11.7. The SMILES string of the molecule is O=C(CCCOc1ccc(Cl)cc1Cl)NNC(=O)C1CC1. The molecule has 0 bridgehead atoms. The summed E-state index contributed by atoms with van der Waals surface area (Å²) in [4.78, 5) is 22.8. The van der Waals surface area contributed by atoms with E-state index in [1.165, 1.54) is 0 Å². The highest BCUT2D eigenvalue weighted by Gasteiger charge is 2.29. The smallest absolute Gasteiger partial charge is 0.241 e. The fourth-order valence-electron chi connectivity index (χ4n) is 1.65. The van der Waals surface area contributed by atoms with Gasteiger partial charge in [-0.05, 0) is 37.5 Å². The van der Waals surface area contributed by atoms with Gasteiger partial charge in [-0.1, -0.05) is 23.2 Å². The van der Waals surface area contributed by atoms with Crippen LogP contribution in [0.1, 0.15) is 25.7 Å². The van der Waals surface area contributed by atoms with Crippen LogP contribution in [0.5, 0.6) is 5.75 Å². The summed E-state index contributed by atoms with van der Waals surface area (Å²) < 4.78 is 5.46. The van der Waals surface area contributed by atoms with E-state index in [4.69, 9.17) is 27.9 Å². The number of ether oxygens (including phenoxy) is 1. The molecule has 1 aromatic rings. The van der Waals surface area contributed by atoms with Gasteiger partial charge >= 0.3 is 0 Å². The topological polar surface area (TPSA) is 67.4 Å². The van der Waals surface area contributed by atoms with Crippen LogP contribution in [0, 0.1) is 5.92 Å². The lowest BCUT2D eigenvalue weighted by Crippen LogP contribution is -2.42. The van der Waals surface area contributed by atoms with Gasteiger partial charge in [-0.25, -0.2) is 0 Å². The van der Waals surface area contributed by atoms with Crippen LogP contribution in [0.15, 0.2) is 18.2 Å². The van der Waals surface area contributed by atoms with Crippen molar-refractivity contribution < 1.29 is 14.3 Å². The standard InChI is InChI=1S/C14H16Cl2N2O3/c15-10-5-6-12(11(16)8-10)21-7-1-2-13(19)17-18-14(20)9-3-4-9/h5-6,8-9H,1-4,7H2,(H,17,19)(H,18,20). The monoisotopic (exact) mass is 330 g/mol. The molecule has 21 heavy (non-hydrogen) atoms. The minimum Gasteiger partial charge on any atom is -0.492 e. The van der Waals surface area contributed by atoms with E-state index in [0.717, 1.165) is 12.8 Å². The van der Waals surface area contributed by atoms with Crippen molar-refractivity contribution in [2.75, 3.05) is 6.61 Å². The molecule has 0 heterocycles. The van der Waals surface area contributed by atoms with Gasteiger partial charge in [0, 0.05) is 17.4 Å². The minimum atomic E-state index is -0.241. The molecule has 1 aliphatic carbocycles. The summed E-state index contributed by atoms with van der Waals surface area (Å²) in [5.41, 5.74) is 4.79. The molecule has 0 saturated heterocycles. The molecule has 0 radical (unpaired) electrons. The summed E-state index contributed by atoms with van der Waals surface area (Å²) in [5.74, 6) is 0.242. The molecule has 1 saturated carbocycles. The molecule has 2 amide bonds. The van der Waals surface area contributed by atoms with Gasteiger partial charge in [-0.2, -0.15) is 0 Å². The third-order valence-corrected chi connectivity index (χ3v) is 3.50. The minimum absolute atomic E-state index is 0.0701. The average Bonchev–Trinajstić information content (AvgIpc) is 3.27. The molecule has 0 aromatic heterocycles. The van der Waals surface area contributed by atoms with Gasteiger partial charge in [0.15, 0.2) is 0 Å². The number of benzene rings is 1. The largest absolute Gasteiger partial charge is 0.492 e. The van der Waals surface area contributed by atoms with Gasteiger partial charge in [0.25, 0.3) is 0 Å². The lowest BCUT2D eigenvalue weighted by molar-refractivity contribution is -0.129. The highest BCUT2D eigenvalue weighted by Crippen LogP contribution is 2.28. The van der Waals surface area contributed by atoms with Gasteiger partial charge in [-0.3, -0.25) is 20.4 Å². The number of carbonyl (C=O) groups excluding carboxylic acids is 2. The highest BCUT2D eigenvalue weighted by atomic mass is 35.5. The van der Waals surface area contributed by atoms with Crippen LogP contribution in [-0.2, 0) is 9.59 Å². The molecule has 2 N–H and O–H groups in total. The third-order valence-electron chi connectivity index (χ3n) is 2.97. The maximum absolute atomic E-state index is 11.5. The van der Waals surface area contributed by atoms with E-state index in [-0.39, 0.29) is 24.2 Å². The van der Waals surface area contributed by atoms with E-state index < -0.39 is 0 Å². The Morgan fingerprint density at radius 3 is 2.67 bits per heavy atom. The number of hydrogen-bond acceptors (Lipinski definition) is 3. The molecule has 1 aliphatic rings. The van der Waals surface area contributed by atoms with Crippen LogP contribution >= 0.6 is 23.2 Å². The first-order valence-corrected chi connectivity index (χ1v) is 7.48. The fraction of sp³-hybridized carbons (Fsp3) is 0.429. The number of hydrogen-bond donors (Lipinski definition) is 2. The maximum Gasteiger partial charge on any atom is 0.241 e. The third kappa shape index (κ3) is 5.44. The summed E-state index contributed by atoms with van der Waals surface area (Å²) in [5, 5.41) is 0.974. The van der Waals surface area contributed by atoms with Crippen molar-refractivity contribution in [3.63, 3.8) is 0 Å². The quantitative estimate of drug-likeness (QED) is 0.622. The van der Waals surface area contributed by atoms with E-state index in [2.05, 4.69) is 10.9 Å². The summed E-state index contributed by atoms with van der Waals surface area (Å²) in [6, 6.07) is 4.96. The van der Waals surface area contributed by atoms with Crippen LogP contribution in [-0.4, -0.2) is 18.4 Å². The Morgan fingerprint density at radius 2 is 2.00 bits per heavy atom.